The summed E-state index contributed by atoms with van der Waals surface area (Å²) in [6.07, 6.45) is 0.225. The summed E-state index contributed by atoms with van der Waals surface area (Å²) in [5, 5.41) is 10.4. The van der Waals surface area contributed by atoms with Gasteiger partial charge >= 0.3 is 0 Å². The fourth-order valence-corrected chi connectivity index (χ4v) is 1.55. The third-order valence-corrected chi connectivity index (χ3v) is 2.55. The summed E-state index contributed by atoms with van der Waals surface area (Å²) in [6.45, 7) is 0. The molecule has 0 heterocycles. The van der Waals surface area contributed by atoms with Crippen LogP contribution in [0.4, 0.5) is 4.39 Å². The molecule has 0 fully saturated rings. The molecule has 76 valence electrons. The summed E-state index contributed by atoms with van der Waals surface area (Å²) in [7, 11) is 0. The van der Waals surface area contributed by atoms with Gasteiger partial charge in [0.2, 0.25) is 0 Å². The second-order valence-electron chi connectivity index (χ2n) is 2.96. The SMILES string of the molecule is [NH3+][C@H](Cc1ccc(F)cc1Br)C(=O)[O-]. The molecule has 0 saturated carbocycles. The Balaban J connectivity index is 2.82. The number of aliphatic carboxylic acids is 1. The van der Waals surface area contributed by atoms with E-state index in [2.05, 4.69) is 21.7 Å². The molecule has 1 aromatic carbocycles. The zero-order valence-electron chi connectivity index (χ0n) is 7.30. The minimum Gasteiger partial charge on any atom is -0.544 e. The topological polar surface area (TPSA) is 67.8 Å². The van der Waals surface area contributed by atoms with Crippen molar-refractivity contribution >= 4 is 21.9 Å². The minimum atomic E-state index is -1.21. The maximum Gasteiger partial charge on any atom is 0.129 e. The lowest BCUT2D eigenvalue weighted by Crippen LogP contribution is -2.69. The number of carboxylic acids is 1. The average Bonchev–Trinajstić information content (AvgIpc) is 2.09. The third kappa shape index (κ3) is 2.78. The molecule has 3 N–H and O–H groups in total. The molecule has 14 heavy (non-hydrogen) atoms. The van der Waals surface area contributed by atoms with Crippen molar-refractivity contribution in [3.63, 3.8) is 0 Å². The minimum absolute atomic E-state index is 0.225. The highest BCUT2D eigenvalue weighted by Gasteiger charge is 2.11. The molecule has 0 amide bonds. The Kier molecular flexibility index (Phi) is 3.60. The molecule has 0 aliphatic carbocycles. The van der Waals surface area contributed by atoms with Crippen molar-refractivity contribution in [1.29, 1.82) is 0 Å². The fraction of sp³-hybridized carbons (Fsp3) is 0.222. The first-order valence-electron chi connectivity index (χ1n) is 3.98. The van der Waals surface area contributed by atoms with Crippen LogP contribution in [0.2, 0.25) is 0 Å². The number of rotatable bonds is 3. The number of quaternary nitrogens is 1. The van der Waals surface area contributed by atoms with Crippen LogP contribution in [0.25, 0.3) is 0 Å². The zero-order valence-corrected chi connectivity index (χ0v) is 8.88. The predicted molar refractivity (Wildman–Crippen MR) is 49.5 cm³/mol. The van der Waals surface area contributed by atoms with Gasteiger partial charge in [0.15, 0.2) is 0 Å². The fourth-order valence-electron chi connectivity index (χ4n) is 1.04. The number of carbonyl (C=O) groups is 1. The van der Waals surface area contributed by atoms with E-state index in [0.717, 1.165) is 0 Å². The van der Waals surface area contributed by atoms with Crippen LogP contribution < -0.4 is 10.8 Å². The Morgan fingerprint density at radius 2 is 2.29 bits per heavy atom. The third-order valence-electron chi connectivity index (χ3n) is 1.81. The van der Waals surface area contributed by atoms with E-state index in [1.807, 2.05) is 0 Å². The van der Waals surface area contributed by atoms with Crippen LogP contribution in [0.5, 0.6) is 0 Å². The van der Waals surface area contributed by atoms with Crippen LogP contribution in [-0.4, -0.2) is 12.0 Å². The van der Waals surface area contributed by atoms with Gasteiger partial charge < -0.3 is 15.6 Å². The van der Waals surface area contributed by atoms with E-state index in [1.54, 1.807) is 0 Å². The van der Waals surface area contributed by atoms with Gasteiger partial charge in [-0.15, -0.1) is 0 Å². The number of carboxylic acid groups (broad SMARTS) is 1. The quantitative estimate of drug-likeness (QED) is 0.797. The van der Waals surface area contributed by atoms with Crippen LogP contribution in [0.15, 0.2) is 22.7 Å². The number of hydrogen-bond donors (Lipinski definition) is 1. The summed E-state index contributed by atoms with van der Waals surface area (Å²) in [5.74, 6) is -1.57. The van der Waals surface area contributed by atoms with Crippen molar-refractivity contribution in [3.05, 3.63) is 34.1 Å². The van der Waals surface area contributed by atoms with Crippen molar-refractivity contribution in [3.8, 4) is 0 Å². The molecule has 0 unspecified atom stereocenters. The van der Waals surface area contributed by atoms with Gasteiger partial charge in [-0.2, -0.15) is 0 Å². The molecule has 0 radical (unpaired) electrons. The van der Waals surface area contributed by atoms with E-state index >= 15 is 0 Å². The highest BCUT2D eigenvalue weighted by molar-refractivity contribution is 9.10. The van der Waals surface area contributed by atoms with Gasteiger partial charge in [0, 0.05) is 10.9 Å². The van der Waals surface area contributed by atoms with Crippen LogP contribution in [-0.2, 0) is 11.2 Å². The normalized spacial score (nSPS) is 12.5. The first-order valence-corrected chi connectivity index (χ1v) is 4.78. The van der Waals surface area contributed by atoms with Gasteiger partial charge in [-0.1, -0.05) is 22.0 Å². The number of carbonyl (C=O) groups excluding carboxylic acids is 1. The number of hydrogen-bond acceptors (Lipinski definition) is 2. The Labute approximate surface area is 88.9 Å². The molecule has 0 aliphatic rings. The van der Waals surface area contributed by atoms with Gasteiger partial charge in [0.25, 0.3) is 0 Å². The maximum atomic E-state index is 12.7. The predicted octanol–water partition coefficient (Wildman–Crippen LogP) is -0.509. The van der Waals surface area contributed by atoms with Gasteiger partial charge in [0.05, 0.1) is 5.97 Å². The van der Waals surface area contributed by atoms with E-state index in [0.29, 0.717) is 10.0 Å². The van der Waals surface area contributed by atoms with E-state index in [1.165, 1.54) is 18.2 Å². The molecule has 3 nitrogen and oxygen atoms in total. The zero-order chi connectivity index (χ0) is 10.7. The first kappa shape index (κ1) is 11.1. The standard InChI is InChI=1S/C9H9BrFNO2/c10-7-4-6(11)2-1-5(7)3-8(12)9(13)14/h1-2,4,8H,3,12H2,(H,13,14)/t8-/m1/s1. The van der Waals surface area contributed by atoms with Gasteiger partial charge in [-0.3, -0.25) is 0 Å². The Morgan fingerprint density at radius 1 is 1.64 bits per heavy atom. The second-order valence-corrected chi connectivity index (χ2v) is 3.81. The maximum absolute atomic E-state index is 12.7. The molecule has 1 atom stereocenters. The molecule has 1 aromatic rings. The lowest BCUT2D eigenvalue weighted by Gasteiger charge is -2.10. The van der Waals surface area contributed by atoms with Crippen molar-refractivity contribution in [1.82, 2.24) is 0 Å². The highest BCUT2D eigenvalue weighted by Crippen LogP contribution is 2.18. The number of benzene rings is 1. The van der Waals surface area contributed by atoms with Crippen LogP contribution in [0, 0.1) is 5.82 Å². The Bertz CT molecular complexity index is 357. The number of halogens is 2. The lowest BCUT2D eigenvalue weighted by atomic mass is 10.1. The molecule has 0 aliphatic heterocycles. The van der Waals surface area contributed by atoms with E-state index in [-0.39, 0.29) is 12.2 Å². The second kappa shape index (κ2) is 4.52. The van der Waals surface area contributed by atoms with E-state index in [9.17, 15) is 14.3 Å². The van der Waals surface area contributed by atoms with E-state index in [4.69, 9.17) is 0 Å². The van der Waals surface area contributed by atoms with E-state index < -0.39 is 12.0 Å². The smallest absolute Gasteiger partial charge is 0.129 e. The summed E-state index contributed by atoms with van der Waals surface area (Å²) >= 11 is 3.14. The monoisotopic (exact) mass is 261 g/mol. The molecular weight excluding hydrogens is 253 g/mol. The lowest BCUT2D eigenvalue weighted by molar-refractivity contribution is -0.437. The van der Waals surface area contributed by atoms with Crippen molar-refractivity contribution < 1.29 is 20.0 Å². The summed E-state index contributed by atoms with van der Waals surface area (Å²) < 4.78 is 13.2. The van der Waals surface area contributed by atoms with Crippen LogP contribution in [0.1, 0.15) is 5.56 Å². The van der Waals surface area contributed by atoms with Crippen LogP contribution >= 0.6 is 15.9 Å². The molecule has 1 rings (SSSR count). The van der Waals surface area contributed by atoms with Crippen molar-refractivity contribution in [2.75, 3.05) is 0 Å². The largest absolute Gasteiger partial charge is 0.544 e. The molecule has 0 spiro atoms. The van der Waals surface area contributed by atoms with Crippen LogP contribution in [0.3, 0.4) is 0 Å². The Morgan fingerprint density at radius 3 is 2.79 bits per heavy atom. The molecule has 0 saturated heterocycles. The molecule has 0 aromatic heterocycles. The molecular formula is C9H9BrFNO2. The van der Waals surface area contributed by atoms with Crippen molar-refractivity contribution in [2.45, 2.75) is 12.5 Å². The average molecular weight is 262 g/mol. The Hall–Kier alpha value is -0.940. The summed E-state index contributed by atoms with van der Waals surface area (Å²) in [4.78, 5) is 10.4. The summed E-state index contributed by atoms with van der Waals surface area (Å²) in [5.41, 5.74) is 4.12. The summed E-state index contributed by atoms with van der Waals surface area (Å²) in [6, 6.07) is 3.27. The van der Waals surface area contributed by atoms with Gasteiger partial charge in [-0.25, -0.2) is 4.39 Å². The van der Waals surface area contributed by atoms with Crippen molar-refractivity contribution in [2.24, 2.45) is 0 Å². The van der Waals surface area contributed by atoms with Gasteiger partial charge in [-0.05, 0) is 17.7 Å². The highest BCUT2D eigenvalue weighted by atomic mass is 79.9. The molecule has 0 bridgehead atoms. The first-order chi connectivity index (χ1) is 6.50. The molecule has 5 heteroatoms. The van der Waals surface area contributed by atoms with Gasteiger partial charge in [0.1, 0.15) is 11.9 Å².